The Morgan fingerprint density at radius 1 is 0.432 bits per heavy atom. The standard InChI is InChI=1S/C41H28N2O/c1-3-13-29(14-4-1)34-20-9-10-22-37(34)43(38-23-11-18-30-15-7-8-19-35(30)38)33-27-25-31(26-28-33)36-21-12-24-39-40(36)42-41(44-39)32-16-5-2-6-17-32/h1-28H. The first kappa shape index (κ1) is 25.8. The first-order chi connectivity index (χ1) is 21.8. The summed E-state index contributed by atoms with van der Waals surface area (Å²) >= 11 is 0. The minimum absolute atomic E-state index is 0.629. The van der Waals surface area contributed by atoms with Gasteiger partial charge in [-0.3, -0.25) is 0 Å². The van der Waals surface area contributed by atoms with Crippen LogP contribution in [0.3, 0.4) is 0 Å². The van der Waals surface area contributed by atoms with E-state index in [1.54, 1.807) is 0 Å². The molecule has 0 atom stereocenters. The molecular formula is C41H28N2O. The van der Waals surface area contributed by atoms with Crippen molar-refractivity contribution in [1.29, 1.82) is 0 Å². The van der Waals surface area contributed by atoms with Crippen molar-refractivity contribution in [3.8, 4) is 33.7 Å². The molecule has 0 aliphatic heterocycles. The molecule has 0 spiro atoms. The molecule has 0 N–H and O–H groups in total. The Hall–Kier alpha value is -5.93. The number of fused-ring (bicyclic) bond motifs is 2. The number of anilines is 3. The van der Waals surface area contributed by atoms with Crippen LogP contribution in [-0.2, 0) is 0 Å². The Morgan fingerprint density at radius 3 is 1.84 bits per heavy atom. The summed E-state index contributed by atoms with van der Waals surface area (Å²) in [4.78, 5) is 7.29. The van der Waals surface area contributed by atoms with Crippen LogP contribution in [0.25, 0.3) is 55.6 Å². The fourth-order valence-electron chi connectivity index (χ4n) is 6.02. The molecule has 1 heterocycles. The Morgan fingerprint density at radius 2 is 1.02 bits per heavy atom. The normalized spacial score (nSPS) is 11.2. The van der Waals surface area contributed by atoms with Gasteiger partial charge in [-0.05, 0) is 59.0 Å². The molecule has 8 aromatic rings. The number of rotatable bonds is 6. The van der Waals surface area contributed by atoms with Crippen LogP contribution < -0.4 is 4.90 Å². The Labute approximate surface area is 256 Å². The quantitative estimate of drug-likeness (QED) is 0.201. The summed E-state index contributed by atoms with van der Waals surface area (Å²) in [6.45, 7) is 0. The van der Waals surface area contributed by atoms with Crippen molar-refractivity contribution in [3.63, 3.8) is 0 Å². The van der Waals surface area contributed by atoms with E-state index in [0.29, 0.717) is 5.89 Å². The number of para-hydroxylation sites is 2. The second-order valence-corrected chi connectivity index (χ2v) is 10.8. The Kier molecular flexibility index (Phi) is 6.47. The molecule has 0 amide bonds. The van der Waals surface area contributed by atoms with E-state index in [-0.39, 0.29) is 0 Å². The zero-order chi connectivity index (χ0) is 29.3. The maximum atomic E-state index is 6.17. The number of hydrogen-bond acceptors (Lipinski definition) is 3. The highest BCUT2D eigenvalue weighted by molar-refractivity contribution is 6.01. The number of aromatic nitrogens is 1. The van der Waals surface area contributed by atoms with Gasteiger partial charge < -0.3 is 9.32 Å². The molecule has 0 aliphatic carbocycles. The van der Waals surface area contributed by atoms with Gasteiger partial charge in [0.2, 0.25) is 5.89 Å². The molecule has 0 fully saturated rings. The van der Waals surface area contributed by atoms with Gasteiger partial charge in [-0.2, -0.15) is 0 Å². The fourth-order valence-corrected chi connectivity index (χ4v) is 6.02. The summed E-state index contributed by atoms with van der Waals surface area (Å²) in [6, 6.07) is 59.3. The van der Waals surface area contributed by atoms with Gasteiger partial charge in [0.15, 0.2) is 5.58 Å². The first-order valence-electron chi connectivity index (χ1n) is 14.8. The number of nitrogens with zero attached hydrogens (tertiary/aromatic N) is 2. The van der Waals surface area contributed by atoms with E-state index in [9.17, 15) is 0 Å². The van der Waals surface area contributed by atoms with E-state index < -0.39 is 0 Å². The largest absolute Gasteiger partial charge is 0.436 e. The van der Waals surface area contributed by atoms with Gasteiger partial charge in [0.25, 0.3) is 0 Å². The highest BCUT2D eigenvalue weighted by Gasteiger charge is 2.19. The van der Waals surface area contributed by atoms with Gasteiger partial charge in [0.1, 0.15) is 5.52 Å². The molecule has 3 nitrogen and oxygen atoms in total. The van der Waals surface area contributed by atoms with E-state index in [2.05, 4.69) is 132 Å². The Bertz CT molecular complexity index is 2210. The molecule has 0 saturated heterocycles. The molecule has 8 rings (SSSR count). The van der Waals surface area contributed by atoms with Gasteiger partial charge in [0, 0.05) is 27.8 Å². The minimum atomic E-state index is 0.629. The lowest BCUT2D eigenvalue weighted by Gasteiger charge is -2.29. The second-order valence-electron chi connectivity index (χ2n) is 10.8. The van der Waals surface area contributed by atoms with Gasteiger partial charge in [-0.25, -0.2) is 4.98 Å². The molecule has 0 saturated carbocycles. The molecule has 1 aromatic heterocycles. The highest BCUT2D eigenvalue weighted by Crippen LogP contribution is 2.44. The number of benzene rings is 7. The average Bonchev–Trinajstić information content (AvgIpc) is 3.55. The lowest BCUT2D eigenvalue weighted by atomic mass is 9.99. The predicted molar refractivity (Wildman–Crippen MR) is 183 cm³/mol. The average molecular weight is 565 g/mol. The van der Waals surface area contributed by atoms with Gasteiger partial charge in [0.05, 0.1) is 11.4 Å². The van der Waals surface area contributed by atoms with Gasteiger partial charge in [-0.1, -0.05) is 127 Å². The Balaban J connectivity index is 1.28. The van der Waals surface area contributed by atoms with Crippen LogP contribution in [0.1, 0.15) is 0 Å². The molecule has 44 heavy (non-hydrogen) atoms. The summed E-state index contributed by atoms with van der Waals surface area (Å²) < 4.78 is 6.17. The van der Waals surface area contributed by atoms with E-state index in [1.165, 1.54) is 21.9 Å². The van der Waals surface area contributed by atoms with Crippen LogP contribution in [0.4, 0.5) is 17.1 Å². The molecule has 0 bridgehead atoms. The van der Waals surface area contributed by atoms with Crippen LogP contribution in [0.5, 0.6) is 0 Å². The monoisotopic (exact) mass is 564 g/mol. The summed E-state index contributed by atoms with van der Waals surface area (Å²) in [5.74, 6) is 0.629. The number of hydrogen-bond donors (Lipinski definition) is 0. The van der Waals surface area contributed by atoms with Crippen molar-refractivity contribution in [3.05, 3.63) is 170 Å². The van der Waals surface area contributed by atoms with Crippen molar-refractivity contribution in [1.82, 2.24) is 4.98 Å². The zero-order valence-electron chi connectivity index (χ0n) is 24.0. The first-order valence-corrected chi connectivity index (χ1v) is 14.8. The highest BCUT2D eigenvalue weighted by atomic mass is 16.3. The van der Waals surface area contributed by atoms with Crippen molar-refractivity contribution >= 4 is 38.9 Å². The topological polar surface area (TPSA) is 29.3 Å². The lowest BCUT2D eigenvalue weighted by Crippen LogP contribution is -2.11. The van der Waals surface area contributed by atoms with Gasteiger partial charge >= 0.3 is 0 Å². The third kappa shape index (κ3) is 4.61. The zero-order valence-corrected chi connectivity index (χ0v) is 24.0. The van der Waals surface area contributed by atoms with Crippen LogP contribution in [0, 0.1) is 0 Å². The van der Waals surface area contributed by atoms with Crippen molar-refractivity contribution in [2.24, 2.45) is 0 Å². The van der Waals surface area contributed by atoms with E-state index in [4.69, 9.17) is 9.40 Å². The lowest BCUT2D eigenvalue weighted by molar-refractivity contribution is 0.620. The molecule has 0 unspecified atom stereocenters. The maximum Gasteiger partial charge on any atom is 0.227 e. The maximum absolute atomic E-state index is 6.17. The van der Waals surface area contributed by atoms with Crippen molar-refractivity contribution in [2.45, 2.75) is 0 Å². The SMILES string of the molecule is c1ccc(-c2nc3c(-c4ccc(N(c5ccccc5-c5ccccc5)c5cccc6ccccc56)cc4)cccc3o2)cc1. The van der Waals surface area contributed by atoms with Crippen molar-refractivity contribution in [2.75, 3.05) is 4.90 Å². The smallest absolute Gasteiger partial charge is 0.227 e. The molecular weight excluding hydrogens is 536 g/mol. The minimum Gasteiger partial charge on any atom is -0.436 e. The molecule has 3 heteroatoms. The molecule has 0 radical (unpaired) electrons. The summed E-state index contributed by atoms with van der Waals surface area (Å²) in [7, 11) is 0. The van der Waals surface area contributed by atoms with Crippen LogP contribution >= 0.6 is 0 Å². The van der Waals surface area contributed by atoms with Crippen LogP contribution in [-0.4, -0.2) is 4.98 Å². The van der Waals surface area contributed by atoms with E-state index >= 15 is 0 Å². The van der Waals surface area contributed by atoms with E-state index in [1.807, 2.05) is 42.5 Å². The molecule has 208 valence electrons. The summed E-state index contributed by atoms with van der Waals surface area (Å²) in [6.07, 6.45) is 0. The van der Waals surface area contributed by atoms with Crippen LogP contribution in [0.2, 0.25) is 0 Å². The molecule has 7 aromatic carbocycles. The third-order valence-electron chi connectivity index (χ3n) is 8.11. The molecule has 0 aliphatic rings. The van der Waals surface area contributed by atoms with E-state index in [0.717, 1.165) is 44.9 Å². The summed E-state index contributed by atoms with van der Waals surface area (Å²) in [5, 5.41) is 2.40. The van der Waals surface area contributed by atoms with Crippen LogP contribution in [0.15, 0.2) is 174 Å². The second kappa shape index (κ2) is 11.0. The summed E-state index contributed by atoms with van der Waals surface area (Å²) in [5.41, 5.74) is 10.4. The number of oxazole rings is 1. The van der Waals surface area contributed by atoms with Gasteiger partial charge in [-0.15, -0.1) is 0 Å². The predicted octanol–water partition coefficient (Wildman–Crippen LogP) is 11.5. The van der Waals surface area contributed by atoms with Crippen molar-refractivity contribution < 1.29 is 4.42 Å². The third-order valence-corrected chi connectivity index (χ3v) is 8.11. The fraction of sp³-hybridized carbons (Fsp3) is 0.